The summed E-state index contributed by atoms with van der Waals surface area (Å²) in [6, 6.07) is 7.51. The Hall–Kier alpha value is -1.79. The third-order valence-corrected chi connectivity index (χ3v) is 4.61. The summed E-state index contributed by atoms with van der Waals surface area (Å²) in [5, 5.41) is 8.20. The highest BCUT2D eigenvalue weighted by molar-refractivity contribution is 7.11. The number of aryl methyl sites for hydroxylation is 1. The van der Waals surface area contributed by atoms with E-state index < -0.39 is 0 Å². The first-order valence-corrected chi connectivity index (χ1v) is 9.08. The van der Waals surface area contributed by atoms with Gasteiger partial charge in [-0.05, 0) is 25.5 Å². The maximum atomic E-state index is 6.15. The highest BCUT2D eigenvalue weighted by Gasteiger charge is 2.11. The van der Waals surface area contributed by atoms with Crippen molar-refractivity contribution in [3.63, 3.8) is 0 Å². The normalized spacial score (nSPS) is 12.8. The molecule has 0 aliphatic carbocycles. The summed E-state index contributed by atoms with van der Waals surface area (Å²) in [6.07, 6.45) is 2.74. The molecule has 24 heavy (non-hydrogen) atoms. The highest BCUT2D eigenvalue weighted by atomic mass is 35.5. The second-order valence-corrected chi connectivity index (χ2v) is 6.98. The molecule has 1 heterocycles. The van der Waals surface area contributed by atoms with E-state index in [1.807, 2.05) is 37.4 Å². The fourth-order valence-corrected chi connectivity index (χ4v) is 2.97. The van der Waals surface area contributed by atoms with Crippen LogP contribution in [0.3, 0.4) is 0 Å². The predicted molar refractivity (Wildman–Crippen MR) is 101 cm³/mol. The fraction of sp³-hybridized carbons (Fsp3) is 0.412. The van der Waals surface area contributed by atoms with Crippen LogP contribution in [0, 0.1) is 6.92 Å². The minimum absolute atomic E-state index is 0.00515. The van der Waals surface area contributed by atoms with Crippen molar-refractivity contribution in [2.45, 2.75) is 32.9 Å². The predicted octanol–water partition coefficient (Wildman–Crippen LogP) is 3.63. The molecular weight excluding hydrogens is 344 g/mol. The van der Waals surface area contributed by atoms with Gasteiger partial charge in [-0.1, -0.05) is 30.7 Å². The summed E-state index contributed by atoms with van der Waals surface area (Å²) in [4.78, 5) is 9.77. The Morgan fingerprint density at radius 1 is 1.38 bits per heavy atom. The zero-order valence-electron chi connectivity index (χ0n) is 14.2. The van der Waals surface area contributed by atoms with Gasteiger partial charge < -0.3 is 15.4 Å². The van der Waals surface area contributed by atoms with E-state index >= 15 is 0 Å². The second kappa shape index (κ2) is 9.49. The average Bonchev–Trinajstić information content (AvgIpc) is 3.01. The number of guanidine groups is 1. The summed E-state index contributed by atoms with van der Waals surface area (Å²) in [7, 11) is 1.75. The lowest BCUT2D eigenvalue weighted by Crippen LogP contribution is -2.42. The first kappa shape index (κ1) is 18.5. The maximum absolute atomic E-state index is 6.15. The van der Waals surface area contributed by atoms with Gasteiger partial charge >= 0.3 is 0 Å². The van der Waals surface area contributed by atoms with E-state index in [-0.39, 0.29) is 6.10 Å². The molecule has 0 aliphatic rings. The van der Waals surface area contributed by atoms with E-state index in [4.69, 9.17) is 16.3 Å². The average molecular weight is 367 g/mol. The molecule has 0 fully saturated rings. The first-order valence-electron chi connectivity index (χ1n) is 7.89. The zero-order chi connectivity index (χ0) is 17.4. The van der Waals surface area contributed by atoms with Gasteiger partial charge in [-0.25, -0.2) is 4.98 Å². The number of benzene rings is 1. The van der Waals surface area contributed by atoms with Crippen LogP contribution in [0.15, 0.2) is 35.5 Å². The number of aliphatic imine (C=N–C) groups is 1. The van der Waals surface area contributed by atoms with Crippen LogP contribution < -0.4 is 15.4 Å². The molecule has 1 unspecified atom stereocenters. The number of aromatic nitrogens is 1. The Kier molecular flexibility index (Phi) is 7.34. The smallest absolute Gasteiger partial charge is 0.191 e. The Balaban J connectivity index is 1.83. The van der Waals surface area contributed by atoms with Crippen molar-refractivity contribution in [2.24, 2.45) is 4.99 Å². The standard InChI is InChI=1S/C17H23ClN4OS/c1-4-13(23-15-8-6-5-7-14(15)18)10-21-17(19-3)22-11-16-20-9-12(2)24-16/h5-9,13H,4,10-11H2,1-3H3,(H2,19,21,22). The van der Waals surface area contributed by atoms with E-state index in [0.717, 1.165) is 17.4 Å². The first-order chi connectivity index (χ1) is 11.6. The van der Waals surface area contributed by atoms with Gasteiger partial charge in [-0.15, -0.1) is 11.3 Å². The van der Waals surface area contributed by atoms with Gasteiger partial charge in [0.05, 0.1) is 18.1 Å². The molecular formula is C17H23ClN4OS. The summed E-state index contributed by atoms with van der Waals surface area (Å²) in [6.45, 7) is 5.42. The maximum Gasteiger partial charge on any atom is 0.191 e. The lowest BCUT2D eigenvalue weighted by atomic mass is 10.2. The van der Waals surface area contributed by atoms with Gasteiger partial charge in [0.15, 0.2) is 5.96 Å². The van der Waals surface area contributed by atoms with Crippen LogP contribution in [-0.2, 0) is 6.54 Å². The van der Waals surface area contributed by atoms with Crippen LogP contribution in [0.2, 0.25) is 5.02 Å². The van der Waals surface area contributed by atoms with Crippen LogP contribution in [0.4, 0.5) is 0 Å². The van der Waals surface area contributed by atoms with Crippen LogP contribution in [0.5, 0.6) is 5.75 Å². The number of rotatable bonds is 7. The van der Waals surface area contributed by atoms with Crippen molar-refractivity contribution in [1.82, 2.24) is 15.6 Å². The molecule has 0 amide bonds. The molecule has 130 valence electrons. The summed E-state index contributed by atoms with van der Waals surface area (Å²) in [5.41, 5.74) is 0. The molecule has 0 radical (unpaired) electrons. The summed E-state index contributed by atoms with van der Waals surface area (Å²) in [5.74, 6) is 1.43. The molecule has 0 aliphatic heterocycles. The Morgan fingerprint density at radius 2 is 2.17 bits per heavy atom. The lowest BCUT2D eigenvalue weighted by Gasteiger charge is -2.20. The molecule has 2 rings (SSSR count). The number of para-hydroxylation sites is 1. The van der Waals surface area contributed by atoms with Crippen molar-refractivity contribution >= 4 is 28.9 Å². The lowest BCUT2D eigenvalue weighted by molar-refractivity contribution is 0.199. The van der Waals surface area contributed by atoms with E-state index in [1.54, 1.807) is 18.4 Å². The van der Waals surface area contributed by atoms with Crippen molar-refractivity contribution in [1.29, 1.82) is 0 Å². The molecule has 2 N–H and O–H groups in total. The second-order valence-electron chi connectivity index (χ2n) is 5.25. The molecule has 0 saturated carbocycles. The zero-order valence-corrected chi connectivity index (χ0v) is 15.7. The molecule has 1 aromatic carbocycles. The third-order valence-electron chi connectivity index (χ3n) is 3.38. The Morgan fingerprint density at radius 3 is 2.79 bits per heavy atom. The van der Waals surface area contributed by atoms with Gasteiger partial charge in [0.2, 0.25) is 0 Å². The van der Waals surface area contributed by atoms with Crippen LogP contribution in [-0.4, -0.2) is 30.6 Å². The molecule has 7 heteroatoms. The topological polar surface area (TPSA) is 58.5 Å². The van der Waals surface area contributed by atoms with E-state index in [9.17, 15) is 0 Å². The Labute approximate surface area is 152 Å². The van der Waals surface area contributed by atoms with Gasteiger partial charge in [0.1, 0.15) is 16.9 Å². The van der Waals surface area contributed by atoms with E-state index in [1.165, 1.54) is 4.88 Å². The van der Waals surface area contributed by atoms with Crippen molar-refractivity contribution < 1.29 is 4.74 Å². The highest BCUT2D eigenvalue weighted by Crippen LogP contribution is 2.24. The molecule has 0 saturated heterocycles. The van der Waals surface area contributed by atoms with E-state index in [0.29, 0.717) is 23.9 Å². The quantitative estimate of drug-likeness (QED) is 0.580. The summed E-state index contributed by atoms with van der Waals surface area (Å²) >= 11 is 7.82. The number of thiazole rings is 1. The summed E-state index contributed by atoms with van der Waals surface area (Å²) < 4.78 is 5.97. The third kappa shape index (κ3) is 5.69. The number of nitrogens with zero attached hydrogens (tertiary/aromatic N) is 2. The molecule has 2 aromatic rings. The molecule has 1 aromatic heterocycles. The van der Waals surface area contributed by atoms with Crippen LogP contribution in [0.25, 0.3) is 0 Å². The van der Waals surface area contributed by atoms with Gasteiger partial charge in [-0.3, -0.25) is 4.99 Å². The minimum Gasteiger partial charge on any atom is -0.487 e. The van der Waals surface area contributed by atoms with Crippen molar-refractivity contribution in [2.75, 3.05) is 13.6 Å². The monoisotopic (exact) mass is 366 g/mol. The number of hydrogen-bond donors (Lipinski definition) is 2. The number of nitrogens with one attached hydrogen (secondary N) is 2. The number of hydrogen-bond acceptors (Lipinski definition) is 4. The SMILES string of the molecule is CCC(CNC(=NC)NCc1ncc(C)s1)Oc1ccccc1Cl. The van der Waals surface area contributed by atoms with Gasteiger partial charge in [-0.2, -0.15) is 0 Å². The number of halogens is 1. The van der Waals surface area contributed by atoms with Gasteiger partial charge in [0.25, 0.3) is 0 Å². The number of ether oxygens (including phenoxy) is 1. The van der Waals surface area contributed by atoms with Crippen LogP contribution >= 0.6 is 22.9 Å². The van der Waals surface area contributed by atoms with Crippen molar-refractivity contribution in [3.05, 3.63) is 45.4 Å². The molecule has 0 spiro atoms. The van der Waals surface area contributed by atoms with Crippen molar-refractivity contribution in [3.8, 4) is 5.75 Å². The van der Waals surface area contributed by atoms with Gasteiger partial charge in [0, 0.05) is 18.1 Å². The molecule has 1 atom stereocenters. The Bertz CT molecular complexity index is 674. The minimum atomic E-state index is 0.00515. The van der Waals surface area contributed by atoms with Crippen LogP contribution in [0.1, 0.15) is 23.2 Å². The molecule has 0 bridgehead atoms. The molecule has 5 nitrogen and oxygen atoms in total. The van der Waals surface area contributed by atoms with E-state index in [2.05, 4.69) is 27.5 Å². The fourth-order valence-electron chi connectivity index (χ4n) is 2.06. The largest absolute Gasteiger partial charge is 0.487 e.